The number of nitrogens with one attached hydrogen (secondary N) is 1. The fourth-order valence-electron chi connectivity index (χ4n) is 2.84. The van der Waals surface area contributed by atoms with Gasteiger partial charge in [-0.3, -0.25) is 4.98 Å². The van der Waals surface area contributed by atoms with Gasteiger partial charge in [-0.05, 0) is 50.4 Å². The van der Waals surface area contributed by atoms with E-state index in [1.807, 2.05) is 18.5 Å². The normalized spacial score (nSPS) is 19.8. The molecule has 3 heteroatoms. The van der Waals surface area contributed by atoms with Crippen LogP contribution in [-0.2, 0) is 6.42 Å². The molecule has 0 radical (unpaired) electrons. The largest absolute Gasteiger partial charge is 0.313 e. The van der Waals surface area contributed by atoms with E-state index in [1.165, 1.54) is 50.9 Å². The Balaban J connectivity index is 1.78. The van der Waals surface area contributed by atoms with Crippen molar-refractivity contribution < 1.29 is 0 Å². The summed E-state index contributed by atoms with van der Waals surface area (Å²) in [6.45, 7) is 7.03. The van der Waals surface area contributed by atoms with Crippen molar-refractivity contribution in [1.82, 2.24) is 15.2 Å². The molecule has 1 atom stereocenters. The number of rotatable bonds is 7. The highest BCUT2D eigenvalue weighted by Gasteiger charge is 2.15. The number of pyridine rings is 1. The highest BCUT2D eigenvalue weighted by atomic mass is 15.1. The second-order valence-corrected chi connectivity index (χ2v) is 5.56. The standard InChI is InChI=1S/C16H27N3/c1-2-11-19(14-16-7-3-4-10-18-16)12-8-15-6-5-9-17-13-15/h5-6,9,13,16,18H,2-4,7-8,10-12,14H2,1H3. The van der Waals surface area contributed by atoms with E-state index in [4.69, 9.17) is 0 Å². The lowest BCUT2D eigenvalue weighted by atomic mass is 10.0. The Morgan fingerprint density at radius 2 is 2.32 bits per heavy atom. The van der Waals surface area contributed by atoms with Gasteiger partial charge < -0.3 is 10.2 Å². The second-order valence-electron chi connectivity index (χ2n) is 5.56. The van der Waals surface area contributed by atoms with Crippen molar-refractivity contribution in [2.75, 3.05) is 26.2 Å². The SMILES string of the molecule is CCCN(CCc1cccnc1)CC1CCCCN1. The first-order valence-electron chi connectivity index (χ1n) is 7.73. The molecule has 0 bridgehead atoms. The quantitative estimate of drug-likeness (QED) is 0.817. The second kappa shape index (κ2) is 8.28. The third-order valence-electron chi connectivity index (χ3n) is 3.87. The zero-order valence-corrected chi connectivity index (χ0v) is 12.1. The molecule has 1 saturated heterocycles. The van der Waals surface area contributed by atoms with Crippen LogP contribution in [0, 0.1) is 0 Å². The molecule has 0 aliphatic carbocycles. The maximum atomic E-state index is 4.19. The Morgan fingerprint density at radius 1 is 1.37 bits per heavy atom. The summed E-state index contributed by atoms with van der Waals surface area (Å²) in [5.74, 6) is 0. The molecule has 1 unspecified atom stereocenters. The summed E-state index contributed by atoms with van der Waals surface area (Å²) in [7, 11) is 0. The lowest BCUT2D eigenvalue weighted by Crippen LogP contribution is -2.44. The van der Waals surface area contributed by atoms with Crippen molar-refractivity contribution in [2.45, 2.75) is 45.1 Å². The van der Waals surface area contributed by atoms with E-state index in [9.17, 15) is 0 Å². The molecule has 1 aliphatic heterocycles. The van der Waals surface area contributed by atoms with Crippen LogP contribution in [-0.4, -0.2) is 42.1 Å². The van der Waals surface area contributed by atoms with Crippen LogP contribution in [0.1, 0.15) is 38.2 Å². The van der Waals surface area contributed by atoms with Crippen LogP contribution in [0.25, 0.3) is 0 Å². The van der Waals surface area contributed by atoms with Crippen LogP contribution in [0.3, 0.4) is 0 Å². The Bertz CT molecular complexity index is 333. The summed E-state index contributed by atoms with van der Waals surface area (Å²) in [6.07, 6.45) is 10.3. The number of nitrogens with zero attached hydrogens (tertiary/aromatic N) is 2. The predicted octanol–water partition coefficient (Wildman–Crippen LogP) is 2.48. The third-order valence-corrected chi connectivity index (χ3v) is 3.87. The fourth-order valence-corrected chi connectivity index (χ4v) is 2.84. The summed E-state index contributed by atoms with van der Waals surface area (Å²) in [6, 6.07) is 4.91. The predicted molar refractivity (Wildman–Crippen MR) is 80.3 cm³/mol. The van der Waals surface area contributed by atoms with E-state index in [0.717, 1.165) is 13.0 Å². The average molecular weight is 261 g/mol. The van der Waals surface area contributed by atoms with Gasteiger partial charge in [0.15, 0.2) is 0 Å². The topological polar surface area (TPSA) is 28.2 Å². The van der Waals surface area contributed by atoms with Gasteiger partial charge in [-0.2, -0.15) is 0 Å². The van der Waals surface area contributed by atoms with Crippen LogP contribution >= 0.6 is 0 Å². The van der Waals surface area contributed by atoms with Gasteiger partial charge in [0.2, 0.25) is 0 Å². The van der Waals surface area contributed by atoms with Crippen molar-refractivity contribution in [3.63, 3.8) is 0 Å². The Kier molecular flexibility index (Phi) is 6.31. The van der Waals surface area contributed by atoms with Gasteiger partial charge in [0.25, 0.3) is 0 Å². The molecule has 106 valence electrons. The minimum Gasteiger partial charge on any atom is -0.313 e. The van der Waals surface area contributed by atoms with Crippen molar-refractivity contribution in [3.8, 4) is 0 Å². The number of hydrogen-bond acceptors (Lipinski definition) is 3. The molecule has 0 amide bonds. The Labute approximate surface area is 117 Å². The molecular formula is C16H27N3. The third kappa shape index (κ3) is 5.29. The number of aromatic nitrogens is 1. The number of hydrogen-bond donors (Lipinski definition) is 1. The van der Waals surface area contributed by atoms with Gasteiger partial charge in [-0.25, -0.2) is 0 Å². The van der Waals surface area contributed by atoms with E-state index in [-0.39, 0.29) is 0 Å². The molecule has 0 spiro atoms. The maximum Gasteiger partial charge on any atom is 0.0300 e. The van der Waals surface area contributed by atoms with Gasteiger partial charge in [0, 0.05) is 31.5 Å². The summed E-state index contributed by atoms with van der Waals surface area (Å²) in [5.41, 5.74) is 1.35. The molecule has 19 heavy (non-hydrogen) atoms. The molecule has 1 aromatic rings. The van der Waals surface area contributed by atoms with E-state index in [0.29, 0.717) is 6.04 Å². The molecule has 1 aromatic heterocycles. The molecule has 1 N–H and O–H groups in total. The van der Waals surface area contributed by atoms with Gasteiger partial charge >= 0.3 is 0 Å². The first kappa shape index (κ1) is 14.5. The fraction of sp³-hybridized carbons (Fsp3) is 0.688. The summed E-state index contributed by atoms with van der Waals surface area (Å²) in [4.78, 5) is 6.80. The summed E-state index contributed by atoms with van der Waals surface area (Å²) < 4.78 is 0. The van der Waals surface area contributed by atoms with E-state index in [1.54, 1.807) is 0 Å². The lowest BCUT2D eigenvalue weighted by molar-refractivity contribution is 0.226. The Morgan fingerprint density at radius 3 is 3.00 bits per heavy atom. The first-order valence-corrected chi connectivity index (χ1v) is 7.73. The molecule has 3 nitrogen and oxygen atoms in total. The van der Waals surface area contributed by atoms with Crippen LogP contribution in [0.2, 0.25) is 0 Å². The molecule has 0 aromatic carbocycles. The Hall–Kier alpha value is -0.930. The van der Waals surface area contributed by atoms with Crippen LogP contribution in [0.5, 0.6) is 0 Å². The van der Waals surface area contributed by atoms with Crippen LogP contribution < -0.4 is 5.32 Å². The lowest BCUT2D eigenvalue weighted by Gasteiger charge is -2.30. The van der Waals surface area contributed by atoms with E-state index >= 15 is 0 Å². The van der Waals surface area contributed by atoms with E-state index in [2.05, 4.69) is 28.2 Å². The zero-order valence-electron chi connectivity index (χ0n) is 12.1. The van der Waals surface area contributed by atoms with E-state index < -0.39 is 0 Å². The molecule has 2 heterocycles. The molecule has 2 rings (SSSR count). The highest BCUT2D eigenvalue weighted by molar-refractivity contribution is 5.08. The van der Waals surface area contributed by atoms with Gasteiger partial charge in [0.1, 0.15) is 0 Å². The summed E-state index contributed by atoms with van der Waals surface area (Å²) in [5, 5.41) is 3.65. The first-order chi connectivity index (χ1) is 9.38. The maximum absolute atomic E-state index is 4.19. The van der Waals surface area contributed by atoms with Gasteiger partial charge in [0.05, 0.1) is 0 Å². The summed E-state index contributed by atoms with van der Waals surface area (Å²) >= 11 is 0. The van der Waals surface area contributed by atoms with Crippen molar-refractivity contribution in [2.24, 2.45) is 0 Å². The van der Waals surface area contributed by atoms with Crippen LogP contribution in [0.4, 0.5) is 0 Å². The highest BCUT2D eigenvalue weighted by Crippen LogP contribution is 2.09. The van der Waals surface area contributed by atoms with Crippen molar-refractivity contribution >= 4 is 0 Å². The monoisotopic (exact) mass is 261 g/mol. The van der Waals surface area contributed by atoms with Gasteiger partial charge in [-0.15, -0.1) is 0 Å². The smallest absolute Gasteiger partial charge is 0.0300 e. The van der Waals surface area contributed by atoms with Crippen LogP contribution in [0.15, 0.2) is 24.5 Å². The minimum atomic E-state index is 0.703. The van der Waals surface area contributed by atoms with Crippen molar-refractivity contribution in [1.29, 1.82) is 0 Å². The zero-order chi connectivity index (χ0) is 13.3. The van der Waals surface area contributed by atoms with Gasteiger partial charge in [-0.1, -0.05) is 19.4 Å². The number of piperidine rings is 1. The molecule has 1 fully saturated rings. The minimum absolute atomic E-state index is 0.703. The molecular weight excluding hydrogens is 234 g/mol. The molecule has 1 aliphatic rings. The average Bonchev–Trinajstić information content (AvgIpc) is 2.47. The van der Waals surface area contributed by atoms with Crippen molar-refractivity contribution in [3.05, 3.63) is 30.1 Å². The molecule has 0 saturated carbocycles.